The smallest absolute Gasteiger partial charge is 0.312 e. The number of ether oxygens (including phenoxy) is 1. The van der Waals surface area contributed by atoms with Crippen LogP contribution in [0.2, 0.25) is 0 Å². The monoisotopic (exact) mass is 589 g/mol. The Hall–Kier alpha value is -4.02. The molecular weight excluding hydrogens is 570 g/mol. The SMILES string of the molecule is COc1ccccc1[C@@H]1C2=C(N=c3s/c(=C\c4cc(Br)cc([N+](=O)[O-])c4O)c(=O)n31)c1ccccc1CC2. The molecule has 1 aromatic heterocycles. The Morgan fingerprint density at radius 3 is 2.74 bits per heavy atom. The molecule has 8 nitrogen and oxygen atoms in total. The van der Waals surface area contributed by atoms with Crippen LogP contribution in [0.3, 0.4) is 0 Å². The fourth-order valence-electron chi connectivity index (χ4n) is 5.19. The Balaban J connectivity index is 1.65. The summed E-state index contributed by atoms with van der Waals surface area (Å²) in [6.45, 7) is 0. The number of phenolic OH excluding ortho intramolecular Hbond substituents is 1. The van der Waals surface area contributed by atoms with E-state index in [-0.39, 0.29) is 11.1 Å². The van der Waals surface area contributed by atoms with Gasteiger partial charge in [-0.3, -0.25) is 19.5 Å². The predicted octanol–water partition coefficient (Wildman–Crippen LogP) is 4.70. The van der Waals surface area contributed by atoms with Crippen molar-refractivity contribution in [1.82, 2.24) is 4.57 Å². The van der Waals surface area contributed by atoms with E-state index >= 15 is 0 Å². The van der Waals surface area contributed by atoms with Gasteiger partial charge in [-0.05, 0) is 42.2 Å². The number of nitrogens with zero attached hydrogens (tertiary/aromatic N) is 3. The van der Waals surface area contributed by atoms with Gasteiger partial charge in [0.15, 0.2) is 4.80 Å². The van der Waals surface area contributed by atoms with Crippen LogP contribution in [-0.4, -0.2) is 21.7 Å². The third-order valence-electron chi connectivity index (χ3n) is 6.87. The van der Waals surface area contributed by atoms with Crippen molar-refractivity contribution in [2.75, 3.05) is 7.11 Å². The average molecular weight is 590 g/mol. The maximum atomic E-state index is 13.9. The Bertz CT molecular complexity index is 1860. The first kappa shape index (κ1) is 24.3. The van der Waals surface area contributed by atoms with E-state index in [2.05, 4.69) is 28.1 Å². The zero-order chi connectivity index (χ0) is 26.6. The predicted molar refractivity (Wildman–Crippen MR) is 148 cm³/mol. The molecule has 4 aromatic rings. The van der Waals surface area contributed by atoms with Crippen LogP contribution < -0.4 is 19.6 Å². The number of hydrogen-bond donors (Lipinski definition) is 1. The Labute approximate surface area is 228 Å². The van der Waals surface area contributed by atoms with E-state index in [4.69, 9.17) is 9.73 Å². The van der Waals surface area contributed by atoms with E-state index in [1.807, 2.05) is 36.4 Å². The maximum Gasteiger partial charge on any atom is 0.312 e. The molecule has 1 aliphatic carbocycles. The minimum atomic E-state index is -0.661. The molecule has 0 amide bonds. The Morgan fingerprint density at radius 1 is 1.18 bits per heavy atom. The number of hydrogen-bond acceptors (Lipinski definition) is 7. The fraction of sp³-hybridized carbons (Fsp3) is 0.143. The average Bonchev–Trinajstić information content (AvgIpc) is 3.23. The third-order valence-corrected chi connectivity index (χ3v) is 8.31. The lowest BCUT2D eigenvalue weighted by Crippen LogP contribution is -2.39. The molecule has 38 heavy (non-hydrogen) atoms. The summed E-state index contributed by atoms with van der Waals surface area (Å²) in [7, 11) is 1.61. The van der Waals surface area contributed by atoms with Gasteiger partial charge in [-0.25, -0.2) is 4.99 Å². The number of para-hydroxylation sites is 1. The molecule has 0 unspecified atom stereocenters. The lowest BCUT2D eigenvalue weighted by atomic mass is 9.83. The number of nitro groups is 1. The first-order chi connectivity index (χ1) is 18.4. The number of benzene rings is 3. The van der Waals surface area contributed by atoms with Gasteiger partial charge in [0.2, 0.25) is 5.75 Å². The second kappa shape index (κ2) is 9.38. The van der Waals surface area contributed by atoms with Crippen LogP contribution in [0.4, 0.5) is 5.69 Å². The molecule has 0 fully saturated rings. The molecule has 2 aliphatic rings. The molecule has 0 bridgehead atoms. The Kier molecular flexibility index (Phi) is 6.00. The highest BCUT2D eigenvalue weighted by molar-refractivity contribution is 9.10. The first-order valence-electron chi connectivity index (χ1n) is 11.8. The highest BCUT2D eigenvalue weighted by Crippen LogP contribution is 2.43. The molecule has 1 N–H and O–H groups in total. The zero-order valence-electron chi connectivity index (χ0n) is 20.1. The number of fused-ring (bicyclic) bond motifs is 3. The van der Waals surface area contributed by atoms with E-state index in [0.717, 1.165) is 35.2 Å². The standard InChI is InChI=1S/C28H20BrN3O5S/c1-37-22-9-5-4-8-19(22)25-20-11-10-15-6-2-3-7-18(15)24(20)30-28-31(25)27(34)23(38-28)13-16-12-17(29)14-21(26(16)33)32(35)36/h2-9,12-14,25,33H,10-11H2,1H3/b23-13-/t25-/m1/s1. The van der Waals surface area contributed by atoms with Crippen molar-refractivity contribution < 1.29 is 14.8 Å². The van der Waals surface area contributed by atoms with Crippen molar-refractivity contribution in [2.24, 2.45) is 4.99 Å². The number of allylic oxidation sites excluding steroid dienone is 1. The number of phenols is 1. The fourth-order valence-corrected chi connectivity index (χ4v) is 6.64. The van der Waals surface area contributed by atoms with Gasteiger partial charge in [0.1, 0.15) is 5.75 Å². The summed E-state index contributed by atoms with van der Waals surface area (Å²) in [5, 5.41) is 22.0. The summed E-state index contributed by atoms with van der Waals surface area (Å²) in [5.41, 5.74) is 4.43. The van der Waals surface area contributed by atoms with E-state index in [9.17, 15) is 20.0 Å². The van der Waals surface area contributed by atoms with Crippen LogP contribution in [0.1, 0.15) is 34.7 Å². The summed E-state index contributed by atoms with van der Waals surface area (Å²) in [6, 6.07) is 18.1. The van der Waals surface area contributed by atoms with Crippen molar-refractivity contribution in [2.45, 2.75) is 18.9 Å². The minimum absolute atomic E-state index is 0.166. The molecule has 6 rings (SSSR count). The summed E-state index contributed by atoms with van der Waals surface area (Å²) < 4.78 is 8.09. The quantitative estimate of drug-likeness (QED) is 0.274. The van der Waals surface area contributed by atoms with Crippen LogP contribution in [0.25, 0.3) is 11.8 Å². The number of rotatable bonds is 4. The van der Waals surface area contributed by atoms with Gasteiger partial charge in [-0.15, -0.1) is 0 Å². The molecule has 1 atom stereocenters. The number of aromatic hydroxyl groups is 1. The van der Waals surface area contributed by atoms with E-state index in [0.29, 0.717) is 19.6 Å². The minimum Gasteiger partial charge on any atom is -0.502 e. The summed E-state index contributed by atoms with van der Waals surface area (Å²) in [6.07, 6.45) is 3.05. The van der Waals surface area contributed by atoms with Crippen LogP contribution in [0, 0.1) is 10.1 Å². The number of methoxy groups -OCH3 is 1. The van der Waals surface area contributed by atoms with Crippen molar-refractivity contribution in [1.29, 1.82) is 0 Å². The van der Waals surface area contributed by atoms with E-state index in [1.165, 1.54) is 29.0 Å². The van der Waals surface area contributed by atoms with E-state index in [1.54, 1.807) is 17.7 Å². The largest absolute Gasteiger partial charge is 0.502 e. The van der Waals surface area contributed by atoms with Gasteiger partial charge in [-0.1, -0.05) is 69.7 Å². The molecule has 1 aliphatic heterocycles. The molecule has 2 heterocycles. The molecule has 0 spiro atoms. The molecule has 3 aromatic carbocycles. The van der Waals surface area contributed by atoms with Crippen molar-refractivity contribution >= 4 is 44.7 Å². The van der Waals surface area contributed by atoms with Gasteiger partial charge in [0, 0.05) is 27.2 Å². The zero-order valence-corrected chi connectivity index (χ0v) is 22.5. The van der Waals surface area contributed by atoms with E-state index < -0.39 is 22.4 Å². The van der Waals surface area contributed by atoms with Crippen molar-refractivity contribution in [3.63, 3.8) is 0 Å². The number of aromatic nitrogens is 1. The van der Waals surface area contributed by atoms with Crippen molar-refractivity contribution in [3.05, 3.63) is 123 Å². The Morgan fingerprint density at radius 2 is 1.95 bits per heavy atom. The highest BCUT2D eigenvalue weighted by Gasteiger charge is 2.34. The summed E-state index contributed by atoms with van der Waals surface area (Å²) >= 11 is 4.45. The van der Waals surface area contributed by atoms with Gasteiger partial charge in [0.05, 0.1) is 28.3 Å². The summed E-state index contributed by atoms with van der Waals surface area (Å²) in [5.74, 6) is 0.165. The first-order valence-corrected chi connectivity index (χ1v) is 13.4. The second-order valence-corrected chi connectivity index (χ2v) is 10.9. The normalized spacial score (nSPS) is 16.4. The lowest BCUT2D eigenvalue weighted by molar-refractivity contribution is -0.385. The third kappa shape index (κ3) is 3.88. The maximum absolute atomic E-state index is 13.9. The second-order valence-electron chi connectivity index (χ2n) is 8.98. The summed E-state index contributed by atoms with van der Waals surface area (Å²) in [4.78, 5) is 30.2. The van der Waals surface area contributed by atoms with Gasteiger partial charge >= 0.3 is 5.69 Å². The molecule has 0 saturated heterocycles. The van der Waals surface area contributed by atoms with Crippen LogP contribution in [0.15, 0.2) is 80.5 Å². The highest BCUT2D eigenvalue weighted by atomic mass is 79.9. The number of aryl methyl sites for hydroxylation is 1. The molecule has 0 saturated carbocycles. The van der Waals surface area contributed by atoms with Gasteiger partial charge in [0.25, 0.3) is 5.56 Å². The topological polar surface area (TPSA) is 107 Å². The van der Waals surface area contributed by atoms with Crippen molar-refractivity contribution in [3.8, 4) is 11.5 Å². The number of halogens is 1. The molecular formula is C28H20BrN3O5S. The molecule has 190 valence electrons. The number of thiazole rings is 1. The van der Waals surface area contributed by atoms with Crippen LogP contribution >= 0.6 is 27.3 Å². The molecule has 10 heteroatoms. The molecule has 0 radical (unpaired) electrons. The van der Waals surface area contributed by atoms with Gasteiger partial charge in [-0.2, -0.15) is 0 Å². The number of nitro benzene ring substituents is 1. The van der Waals surface area contributed by atoms with Gasteiger partial charge < -0.3 is 9.84 Å². The van der Waals surface area contributed by atoms with Crippen LogP contribution in [0.5, 0.6) is 11.5 Å². The lowest BCUT2D eigenvalue weighted by Gasteiger charge is -2.31. The van der Waals surface area contributed by atoms with Crippen LogP contribution in [-0.2, 0) is 6.42 Å².